The van der Waals surface area contributed by atoms with E-state index in [2.05, 4.69) is 17.0 Å². The number of hydrogen-bond donors (Lipinski definition) is 1. The van der Waals surface area contributed by atoms with Crippen LogP contribution in [0.4, 0.5) is 8.78 Å². The van der Waals surface area contributed by atoms with Gasteiger partial charge in [0.15, 0.2) is 0 Å². The molecule has 0 fully saturated rings. The lowest BCUT2D eigenvalue weighted by Gasteiger charge is -2.20. The van der Waals surface area contributed by atoms with Gasteiger partial charge in [0.1, 0.15) is 5.75 Å². The fourth-order valence-electron chi connectivity index (χ4n) is 2.56. The van der Waals surface area contributed by atoms with Crippen LogP contribution in [0.25, 0.3) is 0 Å². The van der Waals surface area contributed by atoms with Gasteiger partial charge in [-0.3, -0.25) is 0 Å². The van der Waals surface area contributed by atoms with Crippen molar-refractivity contribution in [3.05, 3.63) is 29.8 Å². The summed E-state index contributed by atoms with van der Waals surface area (Å²) in [5.74, 6) is 0.276. The van der Waals surface area contributed by atoms with Gasteiger partial charge < -0.3 is 10.1 Å². The van der Waals surface area contributed by atoms with Gasteiger partial charge >= 0.3 is 6.61 Å². The van der Waals surface area contributed by atoms with Gasteiger partial charge in [0.05, 0.1) is 0 Å². The molecule has 0 aliphatic heterocycles. The first-order chi connectivity index (χ1) is 10.2. The summed E-state index contributed by atoms with van der Waals surface area (Å²) in [6.45, 7) is -0.575. The molecule has 0 aliphatic carbocycles. The van der Waals surface area contributed by atoms with E-state index >= 15 is 0 Å². The van der Waals surface area contributed by atoms with Crippen LogP contribution in [0.2, 0.25) is 0 Å². The molecule has 0 aromatic heterocycles. The van der Waals surface area contributed by atoms with Gasteiger partial charge in [-0.1, -0.05) is 63.6 Å². The molecule has 1 unspecified atom stereocenters. The van der Waals surface area contributed by atoms with Crippen LogP contribution >= 0.6 is 0 Å². The van der Waals surface area contributed by atoms with Gasteiger partial charge in [0, 0.05) is 11.6 Å². The van der Waals surface area contributed by atoms with Crippen molar-refractivity contribution in [1.29, 1.82) is 0 Å². The van der Waals surface area contributed by atoms with Gasteiger partial charge in [-0.25, -0.2) is 0 Å². The second-order valence-corrected chi connectivity index (χ2v) is 5.31. The van der Waals surface area contributed by atoms with Crippen molar-refractivity contribution in [2.45, 2.75) is 64.5 Å². The Hall–Kier alpha value is -1.16. The van der Waals surface area contributed by atoms with Gasteiger partial charge in [-0.05, 0) is 19.5 Å². The zero-order chi connectivity index (χ0) is 15.5. The van der Waals surface area contributed by atoms with Crippen molar-refractivity contribution in [2.24, 2.45) is 0 Å². The highest BCUT2D eigenvalue weighted by Gasteiger charge is 2.16. The minimum Gasteiger partial charge on any atom is -0.434 e. The highest BCUT2D eigenvalue weighted by Crippen LogP contribution is 2.29. The monoisotopic (exact) mass is 299 g/mol. The number of rotatable bonds is 11. The Morgan fingerprint density at radius 3 is 2.38 bits per heavy atom. The largest absolute Gasteiger partial charge is 0.434 e. The molecule has 1 N–H and O–H groups in total. The van der Waals surface area contributed by atoms with Crippen molar-refractivity contribution in [2.75, 3.05) is 7.05 Å². The summed E-state index contributed by atoms with van der Waals surface area (Å²) in [5.41, 5.74) is 0.814. The maximum absolute atomic E-state index is 12.5. The van der Waals surface area contributed by atoms with Crippen molar-refractivity contribution >= 4 is 0 Å². The van der Waals surface area contributed by atoms with E-state index in [1.165, 1.54) is 32.1 Å². The maximum atomic E-state index is 12.5. The highest BCUT2D eigenvalue weighted by molar-refractivity contribution is 5.35. The van der Waals surface area contributed by atoms with Crippen molar-refractivity contribution in [3.8, 4) is 5.75 Å². The first kappa shape index (κ1) is 17.9. The molecule has 0 aliphatic rings. The topological polar surface area (TPSA) is 21.3 Å². The maximum Gasteiger partial charge on any atom is 0.387 e. The van der Waals surface area contributed by atoms with Crippen molar-refractivity contribution in [3.63, 3.8) is 0 Å². The summed E-state index contributed by atoms with van der Waals surface area (Å²) in [6.07, 6.45) is 8.30. The molecule has 1 aromatic rings. The molecule has 4 heteroatoms. The van der Waals surface area contributed by atoms with Crippen LogP contribution in [-0.2, 0) is 0 Å². The second kappa shape index (κ2) is 10.6. The fourth-order valence-corrected chi connectivity index (χ4v) is 2.56. The Kier molecular flexibility index (Phi) is 8.99. The molecule has 0 saturated heterocycles. The highest BCUT2D eigenvalue weighted by atomic mass is 19.3. The quantitative estimate of drug-likeness (QED) is 0.560. The average Bonchev–Trinajstić information content (AvgIpc) is 2.47. The molecule has 0 amide bonds. The molecule has 0 heterocycles. The minimum absolute atomic E-state index is 0.0612. The lowest BCUT2D eigenvalue weighted by Crippen LogP contribution is -2.18. The van der Waals surface area contributed by atoms with Gasteiger partial charge in [-0.15, -0.1) is 0 Å². The molecule has 120 valence electrons. The molecule has 1 aromatic carbocycles. The summed E-state index contributed by atoms with van der Waals surface area (Å²) in [7, 11) is 1.86. The number of para-hydroxylation sites is 1. The van der Waals surface area contributed by atoms with E-state index in [-0.39, 0.29) is 11.8 Å². The Bertz CT molecular complexity index is 385. The Balaban J connectivity index is 2.51. The Morgan fingerprint density at radius 1 is 1.05 bits per heavy atom. The average molecular weight is 299 g/mol. The number of alkyl halides is 2. The van der Waals surface area contributed by atoms with E-state index in [1.807, 2.05) is 19.2 Å². The molecule has 1 rings (SSSR count). The van der Waals surface area contributed by atoms with Crippen molar-refractivity contribution < 1.29 is 13.5 Å². The normalized spacial score (nSPS) is 12.6. The third-order valence-electron chi connectivity index (χ3n) is 3.71. The zero-order valence-electron chi connectivity index (χ0n) is 13.1. The number of unbranched alkanes of at least 4 members (excludes halogenated alkanes) is 5. The van der Waals surface area contributed by atoms with Gasteiger partial charge in [0.2, 0.25) is 0 Å². The summed E-state index contributed by atoms with van der Waals surface area (Å²) in [6, 6.07) is 7.10. The third-order valence-corrected chi connectivity index (χ3v) is 3.71. The Morgan fingerprint density at radius 2 is 1.71 bits per heavy atom. The number of hydrogen-bond acceptors (Lipinski definition) is 2. The standard InChI is InChI=1S/C17H27F2NO/c1-3-4-5-6-7-8-12-15(20-2)14-11-9-10-13-16(14)21-17(18)19/h9-11,13,15,17,20H,3-8,12H2,1-2H3. The SMILES string of the molecule is CCCCCCCCC(NC)c1ccccc1OC(F)F. The van der Waals surface area contributed by atoms with Crippen LogP contribution in [0.15, 0.2) is 24.3 Å². The van der Waals surface area contributed by atoms with Gasteiger partial charge in [-0.2, -0.15) is 8.78 Å². The molecule has 0 saturated carbocycles. The number of ether oxygens (including phenoxy) is 1. The summed E-state index contributed by atoms with van der Waals surface area (Å²) in [5, 5.41) is 3.21. The lowest BCUT2D eigenvalue weighted by molar-refractivity contribution is -0.0507. The van der Waals surface area contributed by atoms with E-state index in [4.69, 9.17) is 0 Å². The molecule has 1 atom stereocenters. The van der Waals surface area contributed by atoms with Gasteiger partial charge in [0.25, 0.3) is 0 Å². The summed E-state index contributed by atoms with van der Waals surface area (Å²) >= 11 is 0. The fraction of sp³-hybridized carbons (Fsp3) is 0.647. The molecule has 21 heavy (non-hydrogen) atoms. The number of nitrogens with one attached hydrogen (secondary N) is 1. The Labute approximate surface area is 126 Å². The molecular formula is C17H27F2NO. The smallest absolute Gasteiger partial charge is 0.387 e. The summed E-state index contributed by atoms with van der Waals surface area (Å²) in [4.78, 5) is 0. The van der Waals surface area contributed by atoms with E-state index < -0.39 is 6.61 Å². The van der Waals surface area contributed by atoms with Crippen LogP contribution in [0, 0.1) is 0 Å². The first-order valence-corrected chi connectivity index (χ1v) is 7.90. The number of benzene rings is 1. The molecule has 0 spiro atoms. The number of halogens is 2. The second-order valence-electron chi connectivity index (χ2n) is 5.31. The summed E-state index contributed by atoms with van der Waals surface area (Å²) < 4.78 is 29.5. The molecule has 0 bridgehead atoms. The lowest BCUT2D eigenvalue weighted by atomic mass is 9.99. The minimum atomic E-state index is -2.78. The van der Waals surface area contributed by atoms with Crippen LogP contribution in [0.5, 0.6) is 5.75 Å². The van der Waals surface area contributed by atoms with Crippen LogP contribution in [0.3, 0.4) is 0 Å². The molecule has 2 nitrogen and oxygen atoms in total. The van der Waals surface area contributed by atoms with Crippen molar-refractivity contribution in [1.82, 2.24) is 5.32 Å². The van der Waals surface area contributed by atoms with E-state index in [0.29, 0.717) is 0 Å². The van der Waals surface area contributed by atoms with Crippen LogP contribution in [0.1, 0.15) is 63.5 Å². The molecule has 0 radical (unpaired) electrons. The van der Waals surface area contributed by atoms with Crippen LogP contribution < -0.4 is 10.1 Å². The van der Waals surface area contributed by atoms with Crippen LogP contribution in [-0.4, -0.2) is 13.7 Å². The molecular weight excluding hydrogens is 272 g/mol. The predicted octanol–water partition coefficient (Wildman–Crippen LogP) is 5.30. The zero-order valence-corrected chi connectivity index (χ0v) is 13.1. The van der Waals surface area contributed by atoms with E-state index in [1.54, 1.807) is 12.1 Å². The predicted molar refractivity (Wildman–Crippen MR) is 82.9 cm³/mol. The third kappa shape index (κ3) is 6.89. The first-order valence-electron chi connectivity index (χ1n) is 7.90. The van der Waals surface area contributed by atoms with E-state index in [9.17, 15) is 8.78 Å². The van der Waals surface area contributed by atoms with E-state index in [0.717, 1.165) is 18.4 Å².